The Hall–Kier alpha value is -4.37. The molecule has 0 spiro atoms. The van der Waals surface area contributed by atoms with E-state index in [2.05, 4.69) is 22.2 Å². The maximum absolute atomic E-state index is 9.57. The fourth-order valence-corrected chi connectivity index (χ4v) is 3.95. The minimum absolute atomic E-state index is 0.117. The highest BCUT2D eigenvalue weighted by Gasteiger charge is 2.27. The number of ether oxygens (including phenoxy) is 1. The molecule has 2 aromatic heterocycles. The zero-order valence-electron chi connectivity index (χ0n) is 20.3. The minimum atomic E-state index is -0.810. The van der Waals surface area contributed by atoms with Crippen LogP contribution in [0.25, 0.3) is 11.1 Å². The third-order valence-corrected chi connectivity index (χ3v) is 5.89. The van der Waals surface area contributed by atoms with Gasteiger partial charge in [-0.2, -0.15) is 10.5 Å². The second kappa shape index (κ2) is 11.2. The number of hydrogen-bond acceptors (Lipinski definition) is 9. The lowest BCUT2D eigenvalue weighted by Gasteiger charge is -2.27. The van der Waals surface area contributed by atoms with E-state index >= 15 is 0 Å². The molecule has 9 nitrogen and oxygen atoms in total. The van der Waals surface area contributed by atoms with Crippen LogP contribution < -0.4 is 16.2 Å². The molecule has 0 amide bonds. The molecule has 0 radical (unpaired) electrons. The molecule has 180 valence electrons. The van der Waals surface area contributed by atoms with Crippen LogP contribution in [0.4, 0.5) is 0 Å². The monoisotopic (exact) mass is 470 g/mol. The highest BCUT2D eigenvalue weighted by atomic mass is 16.5. The van der Waals surface area contributed by atoms with Crippen LogP contribution in [-0.2, 0) is 5.60 Å². The quantitative estimate of drug-likeness (QED) is 0.355. The minimum Gasteiger partial charge on any atom is -0.479 e. The van der Waals surface area contributed by atoms with Crippen molar-refractivity contribution >= 4 is 16.9 Å². The van der Waals surface area contributed by atoms with Crippen molar-refractivity contribution in [2.45, 2.75) is 45.3 Å². The Labute approximate surface area is 206 Å². The zero-order chi connectivity index (χ0) is 25.4. The topological polar surface area (TPSA) is 150 Å². The van der Waals surface area contributed by atoms with Gasteiger partial charge < -0.3 is 21.1 Å². The number of hydrogen-bond donors (Lipinski definition) is 2. The number of aromatic nitrogens is 2. The highest BCUT2D eigenvalue weighted by Crippen LogP contribution is 2.33. The first kappa shape index (κ1) is 25.3. The van der Waals surface area contributed by atoms with Gasteiger partial charge in [-0.15, -0.1) is 0 Å². The molecule has 1 aliphatic heterocycles. The van der Waals surface area contributed by atoms with Crippen LogP contribution in [0.3, 0.4) is 0 Å². The smallest absolute Gasteiger partial charge is 0.179 e. The number of nitrogens with two attached hydrogens (primary N) is 2. The van der Waals surface area contributed by atoms with Gasteiger partial charge in [0.15, 0.2) is 6.19 Å². The Morgan fingerprint density at radius 3 is 2.51 bits per heavy atom. The fraction of sp³-hybridized carbons (Fsp3) is 0.346. The van der Waals surface area contributed by atoms with Crippen molar-refractivity contribution < 1.29 is 4.74 Å². The molecule has 1 saturated heterocycles. The SMILES string of the molecule is CC(=NC1CCN(C#N)CC1)/C(=C\N)c1cnc(/C(C#N)=C\N)c(OC(C)(C)c2ccccn2)c1. The number of likely N-dealkylation sites (tertiary alicyclic amines) is 1. The summed E-state index contributed by atoms with van der Waals surface area (Å²) in [7, 11) is 0. The van der Waals surface area contributed by atoms with Crippen molar-refractivity contribution in [1.29, 1.82) is 10.5 Å². The van der Waals surface area contributed by atoms with Crippen molar-refractivity contribution in [3.05, 3.63) is 66.0 Å². The maximum atomic E-state index is 9.57. The second-order valence-electron chi connectivity index (χ2n) is 8.70. The van der Waals surface area contributed by atoms with E-state index in [9.17, 15) is 5.26 Å². The third-order valence-electron chi connectivity index (χ3n) is 5.89. The molecule has 9 heteroatoms. The molecule has 0 saturated carbocycles. The third kappa shape index (κ3) is 5.96. The van der Waals surface area contributed by atoms with Crippen LogP contribution in [0, 0.1) is 22.8 Å². The van der Waals surface area contributed by atoms with E-state index in [0.717, 1.165) is 24.2 Å². The van der Waals surface area contributed by atoms with Crippen molar-refractivity contribution in [3.8, 4) is 18.0 Å². The molecule has 0 unspecified atom stereocenters. The van der Waals surface area contributed by atoms with Gasteiger partial charge in [-0.3, -0.25) is 15.0 Å². The number of nitrogens with zero attached hydrogens (tertiary/aromatic N) is 6. The average molecular weight is 471 g/mol. The van der Waals surface area contributed by atoms with E-state index in [1.54, 1.807) is 23.4 Å². The van der Waals surface area contributed by atoms with Gasteiger partial charge >= 0.3 is 0 Å². The molecule has 3 heterocycles. The molecular weight excluding hydrogens is 440 g/mol. The molecule has 4 N–H and O–H groups in total. The largest absolute Gasteiger partial charge is 0.479 e. The van der Waals surface area contributed by atoms with Crippen molar-refractivity contribution in [1.82, 2.24) is 14.9 Å². The molecule has 0 atom stereocenters. The lowest BCUT2D eigenvalue weighted by molar-refractivity contribution is 0.103. The molecule has 3 rings (SSSR count). The summed E-state index contributed by atoms with van der Waals surface area (Å²) in [6.45, 7) is 7.08. The number of aliphatic imine (C=N–C) groups is 1. The van der Waals surface area contributed by atoms with E-state index in [4.69, 9.17) is 26.5 Å². The Morgan fingerprint density at radius 2 is 1.94 bits per heavy atom. The average Bonchev–Trinajstić information content (AvgIpc) is 2.87. The summed E-state index contributed by atoms with van der Waals surface area (Å²) in [4.78, 5) is 15.5. The highest BCUT2D eigenvalue weighted by molar-refractivity contribution is 6.22. The predicted molar refractivity (Wildman–Crippen MR) is 135 cm³/mol. The summed E-state index contributed by atoms with van der Waals surface area (Å²) in [5.74, 6) is 0.380. The normalized spacial score (nSPS) is 15.9. The summed E-state index contributed by atoms with van der Waals surface area (Å²) >= 11 is 0. The molecule has 0 bridgehead atoms. The van der Waals surface area contributed by atoms with Crippen LogP contribution in [0.5, 0.6) is 5.75 Å². The first-order valence-corrected chi connectivity index (χ1v) is 11.4. The van der Waals surface area contributed by atoms with Gasteiger partial charge in [0.2, 0.25) is 0 Å². The predicted octanol–water partition coefficient (Wildman–Crippen LogP) is 3.32. The molecule has 0 aliphatic carbocycles. The Balaban J connectivity index is 1.97. The molecule has 2 aromatic rings. The van der Waals surface area contributed by atoms with Gasteiger partial charge in [0.25, 0.3) is 0 Å². The fourth-order valence-electron chi connectivity index (χ4n) is 3.95. The number of allylic oxidation sites excluding steroid dienone is 2. The molecule has 1 fully saturated rings. The number of piperidine rings is 1. The van der Waals surface area contributed by atoms with Gasteiger partial charge in [-0.05, 0) is 51.8 Å². The van der Waals surface area contributed by atoms with Crippen LogP contribution in [0.2, 0.25) is 0 Å². The summed E-state index contributed by atoms with van der Waals surface area (Å²) in [5, 5.41) is 18.6. The van der Waals surface area contributed by atoms with E-state index in [1.807, 2.05) is 39.0 Å². The van der Waals surface area contributed by atoms with Gasteiger partial charge in [-0.1, -0.05) is 6.07 Å². The summed E-state index contributed by atoms with van der Waals surface area (Å²) in [6.07, 6.45) is 9.84. The molecule has 0 aromatic carbocycles. The van der Waals surface area contributed by atoms with Gasteiger partial charge in [-0.25, -0.2) is 0 Å². The second-order valence-corrected chi connectivity index (χ2v) is 8.70. The van der Waals surface area contributed by atoms with Crippen LogP contribution in [0.15, 0.2) is 54.1 Å². The Bertz CT molecular complexity index is 1210. The summed E-state index contributed by atoms with van der Waals surface area (Å²) in [6, 6.07) is 9.58. The van der Waals surface area contributed by atoms with E-state index in [0.29, 0.717) is 35.7 Å². The van der Waals surface area contributed by atoms with Crippen LogP contribution in [-0.4, -0.2) is 39.7 Å². The van der Waals surface area contributed by atoms with Gasteiger partial charge in [0.05, 0.1) is 17.3 Å². The zero-order valence-corrected chi connectivity index (χ0v) is 20.3. The van der Waals surface area contributed by atoms with Crippen LogP contribution in [0.1, 0.15) is 50.6 Å². The van der Waals surface area contributed by atoms with Gasteiger partial charge in [0.1, 0.15) is 23.1 Å². The van der Waals surface area contributed by atoms with Crippen molar-refractivity contribution in [3.63, 3.8) is 0 Å². The standard InChI is InChI=1S/C26H30N8O/c1-18(33-21-7-10-34(17-30)11-8-21)22(15-29)19-12-23(25(32-16-19)20(13-27)14-28)35-26(2,3)24-6-4-5-9-31-24/h4-6,9,12-13,15-16,21H,7-8,10-11,27,29H2,1-3H3/b20-13-,22-15+,33-18?. The van der Waals surface area contributed by atoms with E-state index in [-0.39, 0.29) is 11.6 Å². The number of nitriles is 2. The molecular formula is C26H30N8O. The summed E-state index contributed by atoms with van der Waals surface area (Å²) < 4.78 is 6.38. The Kier molecular flexibility index (Phi) is 8.06. The maximum Gasteiger partial charge on any atom is 0.179 e. The lowest BCUT2D eigenvalue weighted by atomic mass is 10.0. The molecule has 35 heavy (non-hydrogen) atoms. The van der Waals surface area contributed by atoms with Crippen LogP contribution >= 0.6 is 0 Å². The Morgan fingerprint density at radius 1 is 1.20 bits per heavy atom. The number of pyridine rings is 2. The van der Waals surface area contributed by atoms with E-state index < -0.39 is 5.60 Å². The van der Waals surface area contributed by atoms with Crippen molar-refractivity contribution in [2.75, 3.05) is 13.1 Å². The summed E-state index contributed by atoms with van der Waals surface area (Å²) in [5.41, 5.74) is 14.3. The lowest BCUT2D eigenvalue weighted by Crippen LogP contribution is -2.32. The van der Waals surface area contributed by atoms with Crippen molar-refractivity contribution in [2.24, 2.45) is 16.5 Å². The first-order valence-electron chi connectivity index (χ1n) is 11.4. The molecule has 1 aliphatic rings. The number of rotatable bonds is 7. The van der Waals surface area contributed by atoms with Gasteiger partial charge in [0, 0.05) is 54.7 Å². The first-order chi connectivity index (χ1) is 16.8. The van der Waals surface area contributed by atoms with E-state index in [1.165, 1.54) is 12.4 Å².